The molecule has 2 heteroatoms. The highest BCUT2D eigenvalue weighted by Crippen LogP contribution is 2.21. The minimum Gasteiger partial charge on any atom is -0.317 e. The molecule has 2 aliphatic heterocycles. The summed E-state index contributed by atoms with van der Waals surface area (Å²) < 4.78 is 0. The third-order valence-corrected chi connectivity index (χ3v) is 2.77. The Morgan fingerprint density at radius 1 is 1.10 bits per heavy atom. The molecule has 58 valence electrons. The molecule has 2 unspecified atom stereocenters. The van der Waals surface area contributed by atoms with Crippen LogP contribution < -0.4 is 10.6 Å². The maximum atomic E-state index is 3.49. The molecule has 0 aromatic heterocycles. The maximum Gasteiger partial charge on any atom is 0.0108 e. The lowest BCUT2D eigenvalue weighted by molar-refractivity contribution is 0.191. The number of hydrogen-bond donors (Lipinski definition) is 2. The maximum absolute atomic E-state index is 3.49. The van der Waals surface area contributed by atoms with E-state index in [1.165, 1.54) is 38.9 Å². The molecular formula is C8H16N2. The summed E-state index contributed by atoms with van der Waals surface area (Å²) in [6.45, 7) is 3.74. The van der Waals surface area contributed by atoms with Crippen molar-refractivity contribution in [3.05, 3.63) is 0 Å². The molecule has 0 amide bonds. The number of hydrogen-bond acceptors (Lipinski definition) is 2. The van der Waals surface area contributed by atoms with Crippen LogP contribution in [0.2, 0.25) is 0 Å². The van der Waals surface area contributed by atoms with E-state index in [1.54, 1.807) is 0 Å². The Kier molecular flexibility index (Phi) is 1.91. The van der Waals surface area contributed by atoms with E-state index in [-0.39, 0.29) is 0 Å². The molecule has 2 fully saturated rings. The van der Waals surface area contributed by atoms with E-state index in [1.807, 2.05) is 0 Å². The second-order valence-electron chi connectivity index (χ2n) is 3.46. The summed E-state index contributed by atoms with van der Waals surface area (Å²) >= 11 is 0. The van der Waals surface area contributed by atoms with Gasteiger partial charge in [0.2, 0.25) is 0 Å². The predicted octanol–water partition coefficient (Wildman–Crippen LogP) is 0.348. The Bertz CT molecular complexity index is 99.8. The van der Waals surface area contributed by atoms with Gasteiger partial charge in [0, 0.05) is 6.04 Å². The largest absolute Gasteiger partial charge is 0.317 e. The molecule has 10 heavy (non-hydrogen) atoms. The zero-order valence-electron chi connectivity index (χ0n) is 6.40. The van der Waals surface area contributed by atoms with Gasteiger partial charge in [0.15, 0.2) is 0 Å². The van der Waals surface area contributed by atoms with Crippen LogP contribution in [-0.2, 0) is 0 Å². The lowest BCUT2D eigenvalue weighted by Crippen LogP contribution is -2.54. The molecule has 2 saturated heterocycles. The predicted molar refractivity (Wildman–Crippen MR) is 42.0 cm³/mol. The van der Waals surface area contributed by atoms with E-state index >= 15 is 0 Å². The standard InChI is InChI=1S/C8H16N2/c1-2-8-7(6-10-8)3-5-9-4-1/h7-10H,1-6H2. The zero-order valence-corrected chi connectivity index (χ0v) is 6.40. The molecule has 0 saturated carbocycles. The first-order chi connectivity index (χ1) is 4.97. The van der Waals surface area contributed by atoms with Gasteiger partial charge in [0.05, 0.1) is 0 Å². The van der Waals surface area contributed by atoms with Crippen LogP contribution >= 0.6 is 0 Å². The van der Waals surface area contributed by atoms with Gasteiger partial charge in [0.25, 0.3) is 0 Å². The minimum absolute atomic E-state index is 0.877. The zero-order chi connectivity index (χ0) is 6.81. The van der Waals surface area contributed by atoms with Gasteiger partial charge in [-0.05, 0) is 44.8 Å². The van der Waals surface area contributed by atoms with Crippen molar-refractivity contribution >= 4 is 0 Å². The Labute approximate surface area is 62.4 Å². The van der Waals surface area contributed by atoms with E-state index in [4.69, 9.17) is 0 Å². The molecule has 0 aromatic carbocycles. The van der Waals surface area contributed by atoms with Crippen molar-refractivity contribution in [1.82, 2.24) is 10.6 Å². The van der Waals surface area contributed by atoms with E-state index in [2.05, 4.69) is 10.6 Å². The van der Waals surface area contributed by atoms with Crippen LogP contribution in [0.1, 0.15) is 19.3 Å². The van der Waals surface area contributed by atoms with E-state index in [0.717, 1.165) is 12.0 Å². The van der Waals surface area contributed by atoms with Crippen molar-refractivity contribution in [1.29, 1.82) is 0 Å². The monoisotopic (exact) mass is 140 g/mol. The van der Waals surface area contributed by atoms with Crippen molar-refractivity contribution in [2.45, 2.75) is 25.3 Å². The van der Waals surface area contributed by atoms with Crippen LogP contribution in [0, 0.1) is 5.92 Å². The van der Waals surface area contributed by atoms with Crippen LogP contribution in [0.25, 0.3) is 0 Å². The summed E-state index contributed by atoms with van der Waals surface area (Å²) in [5, 5.41) is 6.93. The molecule has 0 bridgehead atoms. The van der Waals surface area contributed by atoms with Gasteiger partial charge in [-0.15, -0.1) is 0 Å². The quantitative estimate of drug-likeness (QED) is 0.507. The van der Waals surface area contributed by atoms with Crippen molar-refractivity contribution in [3.8, 4) is 0 Å². The van der Waals surface area contributed by atoms with Crippen LogP contribution in [0.15, 0.2) is 0 Å². The molecule has 0 spiro atoms. The van der Waals surface area contributed by atoms with Crippen molar-refractivity contribution in [3.63, 3.8) is 0 Å². The third-order valence-electron chi connectivity index (χ3n) is 2.77. The fourth-order valence-electron chi connectivity index (χ4n) is 1.95. The summed E-state index contributed by atoms with van der Waals surface area (Å²) in [6.07, 6.45) is 4.13. The summed E-state index contributed by atoms with van der Waals surface area (Å²) in [5.74, 6) is 0.993. The molecule has 0 aliphatic carbocycles. The van der Waals surface area contributed by atoms with E-state index < -0.39 is 0 Å². The average Bonchev–Trinajstić information content (AvgIpc) is 1.89. The molecule has 2 heterocycles. The molecule has 2 nitrogen and oxygen atoms in total. The smallest absolute Gasteiger partial charge is 0.0108 e. The number of nitrogens with one attached hydrogen (secondary N) is 2. The number of rotatable bonds is 0. The second-order valence-corrected chi connectivity index (χ2v) is 3.46. The second kappa shape index (κ2) is 2.89. The van der Waals surface area contributed by atoms with Gasteiger partial charge >= 0.3 is 0 Å². The number of fused-ring (bicyclic) bond motifs is 1. The van der Waals surface area contributed by atoms with Gasteiger partial charge in [-0.1, -0.05) is 0 Å². The summed E-state index contributed by atoms with van der Waals surface area (Å²) in [5.41, 5.74) is 0. The van der Waals surface area contributed by atoms with Crippen molar-refractivity contribution in [2.75, 3.05) is 19.6 Å². The Balaban J connectivity index is 1.83. The molecule has 2 rings (SSSR count). The summed E-state index contributed by atoms with van der Waals surface area (Å²) in [6, 6.07) is 0.877. The Hall–Kier alpha value is -0.0800. The van der Waals surface area contributed by atoms with Gasteiger partial charge in [-0.25, -0.2) is 0 Å². The van der Waals surface area contributed by atoms with Crippen molar-refractivity contribution in [2.24, 2.45) is 5.92 Å². The van der Waals surface area contributed by atoms with Gasteiger partial charge in [0.1, 0.15) is 0 Å². The Morgan fingerprint density at radius 3 is 2.90 bits per heavy atom. The lowest BCUT2D eigenvalue weighted by Gasteiger charge is -2.39. The SMILES string of the molecule is C1CNCCC2CNC2C1. The van der Waals surface area contributed by atoms with Gasteiger partial charge in [-0.3, -0.25) is 0 Å². The minimum atomic E-state index is 0.877. The van der Waals surface area contributed by atoms with Crippen LogP contribution in [-0.4, -0.2) is 25.7 Å². The molecule has 2 atom stereocenters. The first-order valence-corrected chi connectivity index (χ1v) is 4.41. The molecular weight excluding hydrogens is 124 g/mol. The summed E-state index contributed by atoms with van der Waals surface area (Å²) in [7, 11) is 0. The topological polar surface area (TPSA) is 24.1 Å². The van der Waals surface area contributed by atoms with E-state index in [0.29, 0.717) is 0 Å². The highest BCUT2D eigenvalue weighted by Gasteiger charge is 2.29. The van der Waals surface area contributed by atoms with E-state index in [9.17, 15) is 0 Å². The van der Waals surface area contributed by atoms with Crippen molar-refractivity contribution < 1.29 is 0 Å². The first kappa shape index (κ1) is 6.62. The summed E-state index contributed by atoms with van der Waals surface area (Å²) in [4.78, 5) is 0. The molecule has 2 aliphatic rings. The average molecular weight is 140 g/mol. The Morgan fingerprint density at radius 2 is 2.10 bits per heavy atom. The fourth-order valence-corrected chi connectivity index (χ4v) is 1.95. The highest BCUT2D eigenvalue weighted by atomic mass is 15.0. The van der Waals surface area contributed by atoms with Gasteiger partial charge < -0.3 is 10.6 Å². The normalized spacial score (nSPS) is 40.8. The highest BCUT2D eigenvalue weighted by molar-refractivity contribution is 4.89. The molecule has 0 aromatic rings. The van der Waals surface area contributed by atoms with Crippen LogP contribution in [0.5, 0.6) is 0 Å². The van der Waals surface area contributed by atoms with Gasteiger partial charge in [-0.2, -0.15) is 0 Å². The molecule has 2 N–H and O–H groups in total. The van der Waals surface area contributed by atoms with Crippen LogP contribution in [0.3, 0.4) is 0 Å². The molecule has 0 radical (unpaired) electrons. The fraction of sp³-hybridized carbons (Fsp3) is 1.00. The lowest BCUT2D eigenvalue weighted by atomic mass is 9.85. The van der Waals surface area contributed by atoms with Crippen LogP contribution in [0.4, 0.5) is 0 Å². The third kappa shape index (κ3) is 1.18. The first-order valence-electron chi connectivity index (χ1n) is 4.41.